The van der Waals surface area contributed by atoms with Gasteiger partial charge in [-0.3, -0.25) is 4.79 Å². The summed E-state index contributed by atoms with van der Waals surface area (Å²) < 4.78 is 5.36. The van der Waals surface area contributed by atoms with Crippen molar-refractivity contribution in [3.8, 4) is 11.5 Å². The van der Waals surface area contributed by atoms with Crippen LogP contribution in [0.25, 0.3) is 4.85 Å². The maximum Gasteiger partial charge on any atom is 0.338 e. The Kier molecular flexibility index (Phi) is 5.60. The molecule has 0 amide bonds. The van der Waals surface area contributed by atoms with Crippen molar-refractivity contribution in [3.05, 3.63) is 33.5 Å². The van der Waals surface area contributed by atoms with E-state index in [2.05, 4.69) is 4.85 Å². The number of aliphatic hydroxyl groups is 1. The summed E-state index contributed by atoms with van der Waals surface area (Å²) in [5.74, 6) is -0.767. The number of hydrogen-bond acceptors (Lipinski definition) is 7. The normalized spacial score (nSPS) is 12.6. The van der Waals surface area contributed by atoms with Crippen molar-refractivity contribution in [2.45, 2.75) is 22.6 Å². The van der Waals surface area contributed by atoms with Crippen LogP contribution >= 0.6 is 23.5 Å². The monoisotopic (exact) mass is 339 g/mol. The number of unbranched alkanes of at least 4 members (excludes halogenated alkanes) is 1. The van der Waals surface area contributed by atoms with Crippen molar-refractivity contribution < 1.29 is 24.9 Å². The molecule has 1 heterocycles. The first-order chi connectivity index (χ1) is 10.6. The van der Waals surface area contributed by atoms with Gasteiger partial charge < -0.3 is 20.1 Å². The van der Waals surface area contributed by atoms with Crippen molar-refractivity contribution >= 4 is 29.5 Å². The lowest BCUT2D eigenvalue weighted by molar-refractivity contribution is -0.138. The second-order valence-electron chi connectivity index (χ2n) is 4.28. The zero-order valence-corrected chi connectivity index (χ0v) is 13.0. The minimum atomic E-state index is -0.741. The first-order valence-electron chi connectivity index (χ1n) is 6.38. The lowest BCUT2D eigenvalue weighted by Gasteiger charge is -2.04. The lowest BCUT2D eigenvalue weighted by Crippen LogP contribution is -2.08. The van der Waals surface area contributed by atoms with Gasteiger partial charge in [-0.25, -0.2) is 4.85 Å². The molecular formula is C14H13NO5S2. The molecule has 0 aromatic heterocycles. The van der Waals surface area contributed by atoms with Crippen LogP contribution in [0.2, 0.25) is 0 Å². The Labute approximate surface area is 135 Å². The maximum atomic E-state index is 11.9. The molecule has 8 heteroatoms. The van der Waals surface area contributed by atoms with Crippen LogP contribution < -0.4 is 0 Å². The molecule has 1 aliphatic rings. The number of phenols is 2. The summed E-state index contributed by atoms with van der Waals surface area (Å²) in [4.78, 5) is 16.0. The van der Waals surface area contributed by atoms with E-state index >= 15 is 0 Å². The molecule has 0 spiro atoms. The Balaban J connectivity index is 2.16. The SMILES string of the molecule is [C-]#[N+]C(C(=O)OCCCCO)=C1Sc2c(O)ccc(O)c2S1. The van der Waals surface area contributed by atoms with Gasteiger partial charge in [-0.15, -0.1) is 0 Å². The first-order valence-corrected chi connectivity index (χ1v) is 8.02. The van der Waals surface area contributed by atoms with Gasteiger partial charge in [-0.1, -0.05) is 23.5 Å². The lowest BCUT2D eigenvalue weighted by atomic mass is 10.3. The van der Waals surface area contributed by atoms with Crippen LogP contribution in [-0.2, 0) is 9.53 Å². The zero-order chi connectivity index (χ0) is 16.1. The fourth-order valence-electron chi connectivity index (χ4n) is 1.66. The van der Waals surface area contributed by atoms with Crippen LogP contribution in [0.4, 0.5) is 0 Å². The molecule has 1 aromatic rings. The first kappa shape index (κ1) is 16.5. The minimum absolute atomic E-state index is 0.0130. The molecule has 0 atom stereocenters. The highest BCUT2D eigenvalue weighted by molar-refractivity contribution is 8.24. The third kappa shape index (κ3) is 3.50. The van der Waals surface area contributed by atoms with Crippen LogP contribution in [0.5, 0.6) is 11.5 Å². The largest absolute Gasteiger partial charge is 0.507 e. The second-order valence-corrected chi connectivity index (χ2v) is 6.58. The summed E-state index contributed by atoms with van der Waals surface area (Å²) in [6.07, 6.45) is 1.04. The number of carbonyl (C=O) groups excluding carboxylic acids is 1. The third-order valence-corrected chi connectivity index (χ3v) is 5.37. The topological polar surface area (TPSA) is 91.4 Å². The molecule has 0 unspecified atom stereocenters. The predicted molar refractivity (Wildman–Crippen MR) is 82.4 cm³/mol. The molecule has 0 saturated heterocycles. The molecule has 0 radical (unpaired) electrons. The maximum absolute atomic E-state index is 11.9. The summed E-state index contributed by atoms with van der Waals surface area (Å²) in [5.41, 5.74) is -0.172. The van der Waals surface area contributed by atoms with E-state index in [4.69, 9.17) is 16.4 Å². The van der Waals surface area contributed by atoms with Gasteiger partial charge >= 0.3 is 5.97 Å². The molecule has 116 valence electrons. The van der Waals surface area contributed by atoms with Gasteiger partial charge in [0.05, 0.1) is 27.2 Å². The molecule has 3 N–H and O–H groups in total. The summed E-state index contributed by atoms with van der Waals surface area (Å²) in [7, 11) is 0. The van der Waals surface area contributed by atoms with Crippen LogP contribution in [0.3, 0.4) is 0 Å². The van der Waals surface area contributed by atoms with E-state index in [1.807, 2.05) is 0 Å². The minimum Gasteiger partial charge on any atom is -0.507 e. The Morgan fingerprint density at radius 1 is 1.18 bits per heavy atom. The molecule has 2 rings (SSSR count). The number of nitrogens with zero attached hydrogens (tertiary/aromatic N) is 1. The van der Waals surface area contributed by atoms with Gasteiger partial charge in [0.2, 0.25) is 0 Å². The van der Waals surface area contributed by atoms with Gasteiger partial charge in [0, 0.05) is 6.61 Å². The van der Waals surface area contributed by atoms with Gasteiger partial charge in [0.15, 0.2) is 0 Å². The number of aromatic hydroxyl groups is 2. The number of benzene rings is 1. The Bertz CT molecular complexity index is 633. The summed E-state index contributed by atoms with van der Waals surface area (Å²) >= 11 is 2.12. The molecule has 22 heavy (non-hydrogen) atoms. The number of phenolic OH excluding ortho intramolecular Hbond substituents is 2. The Hall–Kier alpha value is -1.82. The van der Waals surface area contributed by atoms with Crippen molar-refractivity contribution in [2.75, 3.05) is 13.2 Å². The van der Waals surface area contributed by atoms with E-state index in [1.165, 1.54) is 12.1 Å². The Morgan fingerprint density at radius 2 is 1.77 bits per heavy atom. The fourth-order valence-corrected chi connectivity index (χ4v) is 4.14. The summed E-state index contributed by atoms with van der Waals surface area (Å²) in [6, 6.07) is 2.71. The fraction of sp³-hybridized carbons (Fsp3) is 0.286. The predicted octanol–water partition coefficient (Wildman–Crippen LogP) is 2.70. The molecule has 0 aliphatic carbocycles. The number of aliphatic hydroxyl groups excluding tert-OH is 1. The highest BCUT2D eigenvalue weighted by atomic mass is 32.2. The Morgan fingerprint density at radius 3 is 2.27 bits per heavy atom. The number of thioether (sulfide) groups is 2. The molecule has 1 aliphatic heterocycles. The molecule has 0 bridgehead atoms. The van der Waals surface area contributed by atoms with Crippen molar-refractivity contribution in [3.63, 3.8) is 0 Å². The number of carbonyl (C=O) groups is 1. The van der Waals surface area contributed by atoms with Crippen LogP contribution in [0.1, 0.15) is 12.8 Å². The average molecular weight is 339 g/mol. The smallest absolute Gasteiger partial charge is 0.338 e. The molecular weight excluding hydrogens is 326 g/mol. The van der Waals surface area contributed by atoms with E-state index in [0.29, 0.717) is 26.9 Å². The quantitative estimate of drug-likeness (QED) is 0.250. The van der Waals surface area contributed by atoms with E-state index in [9.17, 15) is 15.0 Å². The van der Waals surface area contributed by atoms with Crippen molar-refractivity contribution in [1.82, 2.24) is 0 Å². The van der Waals surface area contributed by atoms with E-state index < -0.39 is 5.97 Å². The molecule has 1 aromatic carbocycles. The second kappa shape index (κ2) is 7.45. The standard InChI is InChI=1S/C14H13NO5S2/c1-15-10(13(19)20-7-3-2-6-16)14-21-11-8(17)4-5-9(18)12(11)22-14/h4-5,16-18H,2-3,6-7H2. The molecule has 6 nitrogen and oxygen atoms in total. The molecule has 0 saturated carbocycles. The van der Waals surface area contributed by atoms with Crippen LogP contribution in [0, 0.1) is 6.57 Å². The summed E-state index contributed by atoms with van der Waals surface area (Å²) in [5, 5.41) is 28.2. The van der Waals surface area contributed by atoms with Gasteiger partial charge in [-0.2, -0.15) is 0 Å². The van der Waals surface area contributed by atoms with E-state index in [1.54, 1.807) is 0 Å². The van der Waals surface area contributed by atoms with Crippen molar-refractivity contribution in [2.24, 2.45) is 0 Å². The average Bonchev–Trinajstić information content (AvgIpc) is 2.94. The van der Waals surface area contributed by atoms with Crippen LogP contribution in [0.15, 0.2) is 31.9 Å². The number of hydrogen-bond donors (Lipinski definition) is 3. The van der Waals surface area contributed by atoms with E-state index in [0.717, 1.165) is 23.5 Å². The van der Waals surface area contributed by atoms with Gasteiger partial charge in [0.25, 0.3) is 5.70 Å². The highest BCUT2D eigenvalue weighted by Crippen LogP contribution is 2.58. The van der Waals surface area contributed by atoms with E-state index in [-0.39, 0.29) is 30.4 Å². The zero-order valence-electron chi connectivity index (χ0n) is 11.4. The number of ether oxygens (including phenoxy) is 1. The number of esters is 1. The number of fused-ring (bicyclic) bond motifs is 1. The van der Waals surface area contributed by atoms with Gasteiger partial charge in [0.1, 0.15) is 11.5 Å². The summed E-state index contributed by atoms with van der Waals surface area (Å²) in [6.45, 7) is 7.31. The number of rotatable bonds is 5. The highest BCUT2D eigenvalue weighted by Gasteiger charge is 2.29. The third-order valence-electron chi connectivity index (χ3n) is 2.74. The van der Waals surface area contributed by atoms with Crippen molar-refractivity contribution in [1.29, 1.82) is 0 Å². The van der Waals surface area contributed by atoms with Crippen LogP contribution in [-0.4, -0.2) is 34.5 Å². The molecule has 0 fully saturated rings. The van der Waals surface area contributed by atoms with Gasteiger partial charge in [-0.05, 0) is 25.0 Å².